The van der Waals surface area contributed by atoms with Gasteiger partial charge in [0.25, 0.3) is 0 Å². The highest BCUT2D eigenvalue weighted by atomic mass is 16.5. The van der Waals surface area contributed by atoms with Gasteiger partial charge in [-0.15, -0.1) is 0 Å². The first kappa shape index (κ1) is 23.5. The molecule has 1 unspecified atom stereocenters. The van der Waals surface area contributed by atoms with Crippen molar-refractivity contribution in [1.82, 2.24) is 9.97 Å². The SMILES string of the molecule is CCOc1cc(COC)cc(C(Nc2ccc(C(=N)N)cc2)/C(N)=N/Nc2ncccn2)c1. The van der Waals surface area contributed by atoms with E-state index in [9.17, 15) is 0 Å². The number of hydrazone groups is 1. The van der Waals surface area contributed by atoms with E-state index < -0.39 is 6.04 Å². The minimum absolute atomic E-state index is 0.000129. The molecular formula is C23H28N8O2. The summed E-state index contributed by atoms with van der Waals surface area (Å²) in [5.74, 6) is 1.29. The molecule has 2 aromatic carbocycles. The molecule has 1 aromatic heterocycles. The summed E-state index contributed by atoms with van der Waals surface area (Å²) in [6.07, 6.45) is 3.21. The summed E-state index contributed by atoms with van der Waals surface area (Å²) in [7, 11) is 1.64. The zero-order valence-corrected chi connectivity index (χ0v) is 18.6. The van der Waals surface area contributed by atoms with E-state index in [1.165, 1.54) is 0 Å². The Hall–Kier alpha value is -4.18. The Kier molecular flexibility index (Phi) is 8.14. The number of amidine groups is 2. The minimum Gasteiger partial charge on any atom is -0.494 e. The monoisotopic (exact) mass is 448 g/mol. The van der Waals surface area contributed by atoms with E-state index in [2.05, 4.69) is 25.8 Å². The van der Waals surface area contributed by atoms with Crippen molar-refractivity contribution in [2.45, 2.75) is 19.6 Å². The summed E-state index contributed by atoms with van der Waals surface area (Å²) in [6.45, 7) is 2.87. The van der Waals surface area contributed by atoms with Gasteiger partial charge < -0.3 is 26.3 Å². The van der Waals surface area contributed by atoms with Crippen LogP contribution in [0.2, 0.25) is 0 Å². The molecule has 0 amide bonds. The fourth-order valence-electron chi connectivity index (χ4n) is 3.13. The largest absolute Gasteiger partial charge is 0.494 e. The van der Waals surface area contributed by atoms with Crippen LogP contribution < -0.4 is 26.9 Å². The van der Waals surface area contributed by atoms with Crippen LogP contribution in [0.5, 0.6) is 5.75 Å². The van der Waals surface area contributed by atoms with Gasteiger partial charge in [-0.2, -0.15) is 5.10 Å². The molecule has 0 radical (unpaired) electrons. The number of hydrogen-bond acceptors (Lipinski definition) is 8. The Morgan fingerprint density at radius 2 is 1.85 bits per heavy atom. The van der Waals surface area contributed by atoms with Crippen LogP contribution in [0.4, 0.5) is 11.6 Å². The second kappa shape index (κ2) is 11.4. The number of nitrogens with one attached hydrogen (secondary N) is 3. The van der Waals surface area contributed by atoms with Gasteiger partial charge in [0.2, 0.25) is 5.95 Å². The first-order valence-corrected chi connectivity index (χ1v) is 10.3. The summed E-state index contributed by atoms with van der Waals surface area (Å²) >= 11 is 0. The first-order chi connectivity index (χ1) is 16.0. The molecule has 0 bridgehead atoms. The molecule has 10 nitrogen and oxygen atoms in total. The van der Waals surface area contributed by atoms with E-state index in [4.69, 9.17) is 26.4 Å². The van der Waals surface area contributed by atoms with Crippen molar-refractivity contribution in [1.29, 1.82) is 5.41 Å². The number of anilines is 2. The van der Waals surface area contributed by atoms with Crippen molar-refractivity contribution < 1.29 is 9.47 Å². The molecule has 0 saturated carbocycles. The standard InChI is InChI=1S/C23H28N8O2/c1-3-33-19-12-15(14-32-2)11-17(13-19)20(22(26)30-31-23-27-9-4-10-28-23)29-18-7-5-16(6-8-18)21(24)25/h4-13,20,29H,3,14H2,1-2H3,(H3,24,25)(H2,26,30)(H,27,28,31). The van der Waals surface area contributed by atoms with Gasteiger partial charge in [-0.25, -0.2) is 15.4 Å². The molecule has 3 rings (SSSR count). The lowest BCUT2D eigenvalue weighted by Gasteiger charge is -2.22. The lowest BCUT2D eigenvalue weighted by atomic mass is 10.0. The quantitative estimate of drug-likeness (QED) is 0.170. The summed E-state index contributed by atoms with van der Waals surface area (Å²) in [5, 5.41) is 15.3. The van der Waals surface area contributed by atoms with Gasteiger partial charge in [0.1, 0.15) is 23.5 Å². The van der Waals surface area contributed by atoms with Gasteiger partial charge in [0.05, 0.1) is 13.2 Å². The van der Waals surface area contributed by atoms with Crippen molar-refractivity contribution in [2.24, 2.45) is 16.6 Å². The number of benzene rings is 2. The van der Waals surface area contributed by atoms with Crippen molar-refractivity contribution in [3.8, 4) is 5.75 Å². The Morgan fingerprint density at radius 1 is 1.12 bits per heavy atom. The van der Waals surface area contributed by atoms with Gasteiger partial charge in [-0.1, -0.05) is 6.07 Å². The van der Waals surface area contributed by atoms with Gasteiger partial charge in [0, 0.05) is 30.8 Å². The lowest BCUT2D eigenvalue weighted by molar-refractivity contribution is 0.184. The molecule has 0 aliphatic heterocycles. The summed E-state index contributed by atoms with van der Waals surface area (Å²) < 4.78 is 11.1. The molecule has 0 spiro atoms. The lowest BCUT2D eigenvalue weighted by Crippen LogP contribution is -2.29. The van der Waals surface area contributed by atoms with E-state index in [0.717, 1.165) is 16.8 Å². The molecule has 33 heavy (non-hydrogen) atoms. The highest BCUT2D eigenvalue weighted by molar-refractivity contribution is 5.95. The number of methoxy groups -OCH3 is 1. The van der Waals surface area contributed by atoms with Crippen LogP contribution in [0.3, 0.4) is 0 Å². The Labute approximate surface area is 192 Å². The van der Waals surface area contributed by atoms with Crippen LogP contribution in [-0.2, 0) is 11.3 Å². The Morgan fingerprint density at radius 3 is 2.48 bits per heavy atom. The van der Waals surface area contributed by atoms with Crippen LogP contribution in [-0.4, -0.2) is 35.4 Å². The maximum atomic E-state index is 7.59. The highest BCUT2D eigenvalue weighted by Gasteiger charge is 2.19. The molecule has 7 N–H and O–H groups in total. The predicted octanol–water partition coefficient (Wildman–Crippen LogP) is 2.84. The number of hydrogen-bond donors (Lipinski definition) is 5. The zero-order valence-electron chi connectivity index (χ0n) is 18.6. The van der Waals surface area contributed by atoms with Gasteiger partial charge in [-0.05, 0) is 60.5 Å². The molecule has 1 atom stereocenters. The third kappa shape index (κ3) is 6.65. The smallest absolute Gasteiger partial charge is 0.243 e. The third-order valence-corrected chi connectivity index (χ3v) is 4.60. The van der Waals surface area contributed by atoms with Crippen LogP contribution in [0.1, 0.15) is 29.7 Å². The molecule has 0 saturated heterocycles. The van der Waals surface area contributed by atoms with Crippen LogP contribution in [0.25, 0.3) is 0 Å². The van der Waals surface area contributed by atoms with Crippen molar-refractivity contribution in [3.05, 3.63) is 77.6 Å². The molecule has 0 fully saturated rings. The second-order valence-corrected chi connectivity index (χ2v) is 7.07. The van der Waals surface area contributed by atoms with Crippen molar-refractivity contribution in [2.75, 3.05) is 24.5 Å². The molecule has 10 heteroatoms. The van der Waals surface area contributed by atoms with E-state index in [-0.39, 0.29) is 11.7 Å². The van der Waals surface area contributed by atoms with E-state index in [1.807, 2.05) is 37.3 Å². The minimum atomic E-state index is -0.514. The van der Waals surface area contributed by atoms with E-state index in [1.54, 1.807) is 37.7 Å². The number of rotatable bonds is 11. The number of nitrogens with zero attached hydrogens (tertiary/aromatic N) is 3. The molecule has 0 aliphatic rings. The average molecular weight is 449 g/mol. The van der Waals surface area contributed by atoms with Crippen LogP contribution in [0.15, 0.2) is 66.0 Å². The van der Waals surface area contributed by atoms with Gasteiger partial charge in [0.15, 0.2) is 0 Å². The number of ether oxygens (including phenoxy) is 2. The topological polar surface area (TPSA) is 157 Å². The van der Waals surface area contributed by atoms with Crippen molar-refractivity contribution >= 4 is 23.3 Å². The number of nitrogen functional groups attached to an aromatic ring is 1. The van der Waals surface area contributed by atoms with Crippen molar-refractivity contribution in [3.63, 3.8) is 0 Å². The molecule has 172 valence electrons. The maximum Gasteiger partial charge on any atom is 0.243 e. The Balaban J connectivity index is 1.97. The van der Waals surface area contributed by atoms with Gasteiger partial charge in [-0.3, -0.25) is 5.41 Å². The maximum absolute atomic E-state index is 7.59. The molecule has 0 aliphatic carbocycles. The highest BCUT2D eigenvalue weighted by Crippen LogP contribution is 2.26. The predicted molar refractivity (Wildman–Crippen MR) is 129 cm³/mol. The first-order valence-electron chi connectivity index (χ1n) is 10.3. The van der Waals surface area contributed by atoms with E-state index in [0.29, 0.717) is 30.5 Å². The van der Waals surface area contributed by atoms with Crippen LogP contribution in [0, 0.1) is 5.41 Å². The fraction of sp³-hybridized carbons (Fsp3) is 0.217. The second-order valence-electron chi connectivity index (χ2n) is 7.07. The summed E-state index contributed by atoms with van der Waals surface area (Å²) in [5.41, 5.74) is 17.9. The number of aromatic nitrogens is 2. The number of nitrogens with two attached hydrogens (primary N) is 2. The molecule has 1 heterocycles. The van der Waals surface area contributed by atoms with Gasteiger partial charge >= 0.3 is 0 Å². The molecule has 3 aromatic rings. The van der Waals surface area contributed by atoms with Crippen LogP contribution >= 0.6 is 0 Å². The summed E-state index contributed by atoms with van der Waals surface area (Å²) in [6, 6.07) is 14.2. The zero-order chi connectivity index (χ0) is 23.6. The van der Waals surface area contributed by atoms with E-state index >= 15 is 0 Å². The normalized spacial score (nSPS) is 12.1. The molecular weight excluding hydrogens is 420 g/mol. The Bertz CT molecular complexity index is 1060. The summed E-state index contributed by atoms with van der Waals surface area (Å²) in [4.78, 5) is 8.19. The fourth-order valence-corrected chi connectivity index (χ4v) is 3.13. The average Bonchev–Trinajstić information content (AvgIpc) is 2.82. The third-order valence-electron chi connectivity index (χ3n) is 4.60.